The summed E-state index contributed by atoms with van der Waals surface area (Å²) < 4.78 is 5.06. The van der Waals surface area contributed by atoms with Crippen LogP contribution in [0.25, 0.3) is 6.08 Å². The van der Waals surface area contributed by atoms with Gasteiger partial charge in [0.05, 0.1) is 11.9 Å². The van der Waals surface area contributed by atoms with Crippen molar-refractivity contribution in [1.29, 1.82) is 0 Å². The van der Waals surface area contributed by atoms with Crippen LogP contribution < -0.4 is 5.32 Å². The molecule has 1 fully saturated rings. The summed E-state index contributed by atoms with van der Waals surface area (Å²) in [6, 6.07) is 3.53. The van der Waals surface area contributed by atoms with E-state index in [4.69, 9.17) is 4.42 Å². The summed E-state index contributed by atoms with van der Waals surface area (Å²) in [6.07, 6.45) is 5.29. The highest BCUT2D eigenvalue weighted by molar-refractivity contribution is 7.99. The molecule has 0 aromatic carbocycles. The zero-order valence-corrected chi connectivity index (χ0v) is 10.2. The zero-order chi connectivity index (χ0) is 12.1. The number of amides is 1. The predicted molar refractivity (Wildman–Crippen MR) is 67.6 cm³/mol. The van der Waals surface area contributed by atoms with Crippen LogP contribution in [0.4, 0.5) is 0 Å². The van der Waals surface area contributed by atoms with Crippen LogP contribution in [0.1, 0.15) is 12.2 Å². The first-order chi connectivity index (χ1) is 8.18. The van der Waals surface area contributed by atoms with Crippen molar-refractivity contribution < 1.29 is 14.3 Å². The molecule has 92 valence electrons. The summed E-state index contributed by atoms with van der Waals surface area (Å²) in [4.78, 5) is 11.5. The molecule has 0 aliphatic carbocycles. The SMILES string of the molecule is O=C(C=Cc1ccco1)NCC1(O)CCSC1. The van der Waals surface area contributed by atoms with Crippen molar-refractivity contribution in [2.75, 3.05) is 18.1 Å². The first-order valence-corrected chi connectivity index (χ1v) is 6.63. The molecule has 0 saturated carbocycles. The third-order valence-corrected chi connectivity index (χ3v) is 3.85. The van der Waals surface area contributed by atoms with E-state index >= 15 is 0 Å². The number of carbonyl (C=O) groups is 1. The normalized spacial score (nSPS) is 24.3. The van der Waals surface area contributed by atoms with Gasteiger partial charge in [0.25, 0.3) is 0 Å². The minimum atomic E-state index is -0.737. The van der Waals surface area contributed by atoms with Crippen molar-refractivity contribution in [3.8, 4) is 0 Å². The minimum Gasteiger partial charge on any atom is -0.465 e. The van der Waals surface area contributed by atoms with Crippen LogP contribution in [-0.4, -0.2) is 34.7 Å². The third kappa shape index (κ3) is 3.64. The average molecular weight is 253 g/mol. The second kappa shape index (κ2) is 5.42. The van der Waals surface area contributed by atoms with Crippen LogP contribution in [0, 0.1) is 0 Å². The Hall–Kier alpha value is -1.20. The molecule has 1 amide bonds. The summed E-state index contributed by atoms with van der Waals surface area (Å²) in [6.45, 7) is 0.307. The molecule has 5 heteroatoms. The minimum absolute atomic E-state index is 0.216. The van der Waals surface area contributed by atoms with E-state index in [0.29, 0.717) is 18.1 Å². The number of aliphatic hydroxyl groups is 1. The van der Waals surface area contributed by atoms with Gasteiger partial charge >= 0.3 is 0 Å². The van der Waals surface area contributed by atoms with Crippen molar-refractivity contribution in [1.82, 2.24) is 5.32 Å². The van der Waals surface area contributed by atoms with Crippen LogP contribution in [-0.2, 0) is 4.79 Å². The average Bonchev–Trinajstić information content (AvgIpc) is 2.95. The molecule has 1 aromatic heterocycles. The van der Waals surface area contributed by atoms with E-state index in [0.717, 1.165) is 12.2 Å². The summed E-state index contributed by atoms with van der Waals surface area (Å²) in [5.41, 5.74) is -0.737. The number of nitrogens with one attached hydrogen (secondary N) is 1. The lowest BCUT2D eigenvalue weighted by atomic mass is 10.0. The number of hydrogen-bond acceptors (Lipinski definition) is 4. The van der Waals surface area contributed by atoms with Crippen molar-refractivity contribution in [3.05, 3.63) is 30.2 Å². The third-order valence-electron chi connectivity index (χ3n) is 2.62. The maximum Gasteiger partial charge on any atom is 0.244 e. The number of hydrogen-bond donors (Lipinski definition) is 2. The van der Waals surface area contributed by atoms with Crippen molar-refractivity contribution in [2.45, 2.75) is 12.0 Å². The van der Waals surface area contributed by atoms with Gasteiger partial charge < -0.3 is 14.8 Å². The van der Waals surface area contributed by atoms with E-state index in [1.165, 1.54) is 6.08 Å². The Bertz CT molecular complexity index is 394. The fraction of sp³-hybridized carbons (Fsp3) is 0.417. The molecular weight excluding hydrogens is 238 g/mol. The van der Waals surface area contributed by atoms with Gasteiger partial charge in [-0.15, -0.1) is 0 Å². The highest BCUT2D eigenvalue weighted by Crippen LogP contribution is 2.26. The Morgan fingerprint density at radius 3 is 3.24 bits per heavy atom. The van der Waals surface area contributed by atoms with Gasteiger partial charge in [0.2, 0.25) is 5.91 Å². The molecule has 2 N–H and O–H groups in total. The molecule has 1 unspecified atom stereocenters. The van der Waals surface area contributed by atoms with Gasteiger partial charge in [-0.2, -0.15) is 11.8 Å². The lowest BCUT2D eigenvalue weighted by molar-refractivity contribution is -0.117. The Balaban J connectivity index is 1.78. The topological polar surface area (TPSA) is 62.5 Å². The molecule has 0 bridgehead atoms. The van der Waals surface area contributed by atoms with Crippen LogP contribution in [0.5, 0.6) is 0 Å². The van der Waals surface area contributed by atoms with Gasteiger partial charge in [0, 0.05) is 18.4 Å². The molecule has 0 spiro atoms. The van der Waals surface area contributed by atoms with E-state index < -0.39 is 5.60 Å². The summed E-state index contributed by atoms with van der Waals surface area (Å²) in [5, 5.41) is 12.7. The second-order valence-electron chi connectivity index (χ2n) is 4.09. The molecule has 2 heterocycles. The summed E-state index contributed by atoms with van der Waals surface area (Å²) >= 11 is 1.71. The van der Waals surface area contributed by atoms with Gasteiger partial charge in [0.1, 0.15) is 5.76 Å². The Morgan fingerprint density at radius 1 is 1.71 bits per heavy atom. The number of furan rings is 1. The van der Waals surface area contributed by atoms with Crippen molar-refractivity contribution in [2.24, 2.45) is 0 Å². The Kier molecular flexibility index (Phi) is 3.91. The van der Waals surface area contributed by atoms with Crippen LogP contribution in [0.2, 0.25) is 0 Å². The lowest BCUT2D eigenvalue weighted by Crippen LogP contribution is -2.42. The molecule has 1 aliphatic rings. The molecular formula is C12H15NO3S. The van der Waals surface area contributed by atoms with E-state index in [2.05, 4.69) is 5.32 Å². The molecule has 1 saturated heterocycles. The quantitative estimate of drug-likeness (QED) is 0.793. The van der Waals surface area contributed by atoms with Gasteiger partial charge in [-0.3, -0.25) is 4.79 Å². The first kappa shape index (κ1) is 12.3. The molecule has 0 radical (unpaired) electrons. The largest absolute Gasteiger partial charge is 0.465 e. The predicted octanol–water partition coefficient (Wildman–Crippen LogP) is 1.28. The smallest absolute Gasteiger partial charge is 0.244 e. The maximum atomic E-state index is 11.5. The van der Waals surface area contributed by atoms with E-state index in [1.807, 2.05) is 0 Å². The summed E-state index contributed by atoms with van der Waals surface area (Å²) in [7, 11) is 0. The molecule has 1 aliphatic heterocycles. The molecule has 2 rings (SSSR count). The fourth-order valence-corrected chi connectivity index (χ4v) is 2.89. The van der Waals surface area contributed by atoms with E-state index in [9.17, 15) is 9.90 Å². The number of thioether (sulfide) groups is 1. The first-order valence-electron chi connectivity index (χ1n) is 5.48. The van der Waals surface area contributed by atoms with Crippen molar-refractivity contribution >= 4 is 23.7 Å². The zero-order valence-electron chi connectivity index (χ0n) is 9.39. The molecule has 4 nitrogen and oxygen atoms in total. The van der Waals surface area contributed by atoms with Crippen LogP contribution >= 0.6 is 11.8 Å². The summed E-state index contributed by atoms with van der Waals surface area (Å²) in [5.74, 6) is 2.06. The molecule has 17 heavy (non-hydrogen) atoms. The second-order valence-corrected chi connectivity index (χ2v) is 5.20. The molecule has 1 aromatic rings. The van der Waals surface area contributed by atoms with Gasteiger partial charge in [-0.1, -0.05) is 0 Å². The molecule has 1 atom stereocenters. The number of rotatable bonds is 4. The van der Waals surface area contributed by atoms with E-state index in [-0.39, 0.29) is 5.91 Å². The number of carbonyl (C=O) groups excluding carboxylic acids is 1. The lowest BCUT2D eigenvalue weighted by Gasteiger charge is -2.20. The highest BCUT2D eigenvalue weighted by atomic mass is 32.2. The van der Waals surface area contributed by atoms with Crippen molar-refractivity contribution in [3.63, 3.8) is 0 Å². The highest BCUT2D eigenvalue weighted by Gasteiger charge is 2.31. The monoisotopic (exact) mass is 253 g/mol. The van der Waals surface area contributed by atoms with Crippen LogP contribution in [0.3, 0.4) is 0 Å². The van der Waals surface area contributed by atoms with Gasteiger partial charge in [0.15, 0.2) is 0 Å². The Morgan fingerprint density at radius 2 is 2.59 bits per heavy atom. The van der Waals surface area contributed by atoms with Gasteiger partial charge in [-0.05, 0) is 30.4 Å². The fourth-order valence-electron chi connectivity index (χ4n) is 1.59. The maximum absolute atomic E-state index is 11.5. The van der Waals surface area contributed by atoms with Crippen LogP contribution in [0.15, 0.2) is 28.9 Å². The Labute approximate surface area is 104 Å². The standard InChI is InChI=1S/C12H15NO3S/c14-11(4-3-10-2-1-6-16-10)13-8-12(15)5-7-17-9-12/h1-4,6,15H,5,7-9H2,(H,13,14). The van der Waals surface area contributed by atoms with E-state index in [1.54, 1.807) is 36.2 Å². The van der Waals surface area contributed by atoms with Gasteiger partial charge in [-0.25, -0.2) is 0 Å².